The van der Waals surface area contributed by atoms with Crippen LogP contribution in [0.4, 0.5) is 10.2 Å². The number of nitrogens with zero attached hydrogens (tertiary/aromatic N) is 2. The Kier molecular flexibility index (Phi) is 5.76. The summed E-state index contributed by atoms with van der Waals surface area (Å²) in [4.78, 5) is 6.56. The molecule has 1 heterocycles. The smallest absolute Gasteiger partial charge is 0.161 e. The summed E-state index contributed by atoms with van der Waals surface area (Å²) >= 11 is 0. The van der Waals surface area contributed by atoms with Gasteiger partial charge in [0.05, 0.1) is 19.7 Å². The Morgan fingerprint density at radius 1 is 0.963 bits per heavy atom. The van der Waals surface area contributed by atoms with Crippen LogP contribution in [0.1, 0.15) is 11.1 Å². The van der Waals surface area contributed by atoms with Gasteiger partial charge in [0.25, 0.3) is 0 Å². The molecule has 0 aliphatic carbocycles. The van der Waals surface area contributed by atoms with Crippen LogP contribution in [0.2, 0.25) is 0 Å². The molecule has 0 amide bonds. The van der Waals surface area contributed by atoms with Crippen LogP contribution in [0, 0.1) is 5.82 Å². The topological polar surface area (TPSA) is 46.6 Å². The van der Waals surface area contributed by atoms with E-state index in [4.69, 9.17) is 9.47 Å². The molecule has 3 rings (SSSR count). The Bertz CT molecular complexity index is 944. The average Bonchev–Trinajstić information content (AvgIpc) is 2.67. The number of nitrogens with one attached hydrogen (secondary N) is 1. The number of benzene rings is 2. The number of fused-ring (bicyclic) bond motifs is 1. The van der Waals surface area contributed by atoms with Crippen molar-refractivity contribution in [2.75, 3.05) is 33.2 Å². The molecule has 0 saturated carbocycles. The molecule has 0 fully saturated rings. The van der Waals surface area contributed by atoms with Crippen molar-refractivity contribution in [1.29, 1.82) is 0 Å². The molecule has 2 aromatic carbocycles. The summed E-state index contributed by atoms with van der Waals surface area (Å²) in [6.07, 6.45) is 0. The molecule has 3 aromatic rings. The molecule has 0 aliphatic heterocycles. The molecular weight excluding hydrogens is 345 g/mol. The van der Waals surface area contributed by atoms with E-state index in [1.807, 2.05) is 37.2 Å². The Labute approximate surface area is 158 Å². The maximum atomic E-state index is 13.5. The quantitative estimate of drug-likeness (QED) is 0.687. The van der Waals surface area contributed by atoms with Crippen molar-refractivity contribution >= 4 is 16.7 Å². The van der Waals surface area contributed by atoms with Gasteiger partial charge >= 0.3 is 0 Å². The third-order valence-corrected chi connectivity index (χ3v) is 4.35. The monoisotopic (exact) mass is 369 g/mol. The Balaban J connectivity index is 1.78. The highest BCUT2D eigenvalue weighted by Gasteiger charge is 2.10. The zero-order valence-corrected chi connectivity index (χ0v) is 16.0. The van der Waals surface area contributed by atoms with E-state index in [-0.39, 0.29) is 5.82 Å². The van der Waals surface area contributed by atoms with E-state index in [2.05, 4.69) is 16.4 Å². The number of pyridine rings is 1. The van der Waals surface area contributed by atoms with Crippen LogP contribution in [-0.2, 0) is 13.1 Å². The second kappa shape index (κ2) is 8.22. The van der Waals surface area contributed by atoms with Gasteiger partial charge < -0.3 is 19.7 Å². The lowest BCUT2D eigenvalue weighted by atomic mass is 10.1. The van der Waals surface area contributed by atoms with Gasteiger partial charge in [0.1, 0.15) is 11.6 Å². The number of anilines is 1. The van der Waals surface area contributed by atoms with Crippen molar-refractivity contribution < 1.29 is 13.9 Å². The summed E-state index contributed by atoms with van der Waals surface area (Å²) in [5.74, 6) is 1.97. The second-order valence-electron chi connectivity index (χ2n) is 6.50. The molecule has 0 aliphatic rings. The summed E-state index contributed by atoms with van der Waals surface area (Å²) in [5, 5.41) is 4.36. The third kappa shape index (κ3) is 4.28. The summed E-state index contributed by atoms with van der Waals surface area (Å²) in [7, 11) is 7.12. The van der Waals surface area contributed by atoms with Crippen molar-refractivity contribution in [1.82, 2.24) is 10.3 Å². The first-order valence-electron chi connectivity index (χ1n) is 8.70. The van der Waals surface area contributed by atoms with Crippen LogP contribution in [0.25, 0.3) is 10.9 Å². The molecule has 1 N–H and O–H groups in total. The largest absolute Gasteiger partial charge is 0.493 e. The number of aromatic nitrogens is 1. The standard InChI is InChI=1S/C21H24FN3O2/c1-25(2)21-16(10-15-6-7-17(22)11-18(15)24-21)13-23-12-14-5-8-19(26-3)20(9-14)27-4/h5-11,23H,12-13H2,1-4H3. The molecule has 5 nitrogen and oxygen atoms in total. The van der Waals surface area contributed by atoms with E-state index in [0.29, 0.717) is 30.1 Å². The van der Waals surface area contributed by atoms with E-state index >= 15 is 0 Å². The number of ether oxygens (including phenoxy) is 2. The first-order chi connectivity index (χ1) is 13.0. The Morgan fingerprint density at radius 2 is 1.74 bits per heavy atom. The fraction of sp³-hybridized carbons (Fsp3) is 0.286. The first kappa shape index (κ1) is 18.9. The Hall–Kier alpha value is -2.86. The third-order valence-electron chi connectivity index (χ3n) is 4.35. The van der Waals surface area contributed by atoms with Gasteiger partial charge in [-0.2, -0.15) is 0 Å². The molecule has 0 unspecified atom stereocenters. The number of methoxy groups -OCH3 is 2. The van der Waals surface area contributed by atoms with Crippen LogP contribution in [0.3, 0.4) is 0 Å². The van der Waals surface area contributed by atoms with Gasteiger partial charge in [0.15, 0.2) is 11.5 Å². The van der Waals surface area contributed by atoms with Gasteiger partial charge in [0, 0.05) is 44.2 Å². The summed E-state index contributed by atoms with van der Waals surface area (Å²) in [6, 6.07) is 12.6. The van der Waals surface area contributed by atoms with Gasteiger partial charge in [-0.1, -0.05) is 6.07 Å². The van der Waals surface area contributed by atoms with E-state index in [1.165, 1.54) is 12.1 Å². The molecule has 0 atom stereocenters. The minimum absolute atomic E-state index is 0.279. The Morgan fingerprint density at radius 3 is 2.44 bits per heavy atom. The molecule has 6 heteroatoms. The molecule has 0 saturated heterocycles. The number of hydrogen-bond donors (Lipinski definition) is 1. The van der Waals surface area contributed by atoms with Crippen LogP contribution >= 0.6 is 0 Å². The molecular formula is C21H24FN3O2. The highest BCUT2D eigenvalue weighted by Crippen LogP contribution is 2.28. The summed E-state index contributed by atoms with van der Waals surface area (Å²) in [6.45, 7) is 1.32. The maximum Gasteiger partial charge on any atom is 0.161 e. The number of hydrogen-bond acceptors (Lipinski definition) is 5. The van der Waals surface area contributed by atoms with Crippen molar-refractivity contribution in [3.8, 4) is 11.5 Å². The zero-order chi connectivity index (χ0) is 19.4. The predicted octanol–water partition coefficient (Wildman–Crippen LogP) is 3.75. The predicted molar refractivity (Wildman–Crippen MR) is 106 cm³/mol. The number of rotatable bonds is 7. The van der Waals surface area contributed by atoms with Crippen LogP contribution in [0.15, 0.2) is 42.5 Å². The van der Waals surface area contributed by atoms with E-state index in [1.54, 1.807) is 20.3 Å². The molecule has 0 bridgehead atoms. The lowest BCUT2D eigenvalue weighted by Gasteiger charge is -2.18. The molecule has 0 spiro atoms. The van der Waals surface area contributed by atoms with Crippen LogP contribution in [-0.4, -0.2) is 33.3 Å². The maximum absolute atomic E-state index is 13.5. The second-order valence-corrected chi connectivity index (χ2v) is 6.50. The summed E-state index contributed by atoms with van der Waals surface area (Å²) in [5.41, 5.74) is 2.80. The van der Waals surface area contributed by atoms with Crippen LogP contribution in [0.5, 0.6) is 11.5 Å². The fourth-order valence-corrected chi connectivity index (χ4v) is 3.02. The van der Waals surface area contributed by atoms with Crippen LogP contribution < -0.4 is 19.7 Å². The SMILES string of the molecule is COc1ccc(CNCc2cc3ccc(F)cc3nc2N(C)C)cc1OC. The highest BCUT2D eigenvalue weighted by atomic mass is 19.1. The van der Waals surface area contributed by atoms with Gasteiger partial charge in [-0.05, 0) is 35.9 Å². The molecule has 0 radical (unpaired) electrons. The average molecular weight is 369 g/mol. The molecule has 27 heavy (non-hydrogen) atoms. The van der Waals surface area contributed by atoms with E-state index in [9.17, 15) is 4.39 Å². The normalized spacial score (nSPS) is 10.9. The number of halogens is 1. The van der Waals surface area contributed by atoms with Crippen molar-refractivity contribution in [3.63, 3.8) is 0 Å². The minimum atomic E-state index is -0.279. The van der Waals surface area contributed by atoms with Gasteiger partial charge in [-0.3, -0.25) is 0 Å². The first-order valence-corrected chi connectivity index (χ1v) is 8.70. The van der Waals surface area contributed by atoms with Gasteiger partial charge in [0.2, 0.25) is 0 Å². The molecule has 1 aromatic heterocycles. The van der Waals surface area contributed by atoms with Crippen molar-refractivity contribution in [2.24, 2.45) is 0 Å². The lowest BCUT2D eigenvalue weighted by Crippen LogP contribution is -2.18. The zero-order valence-electron chi connectivity index (χ0n) is 16.0. The van der Waals surface area contributed by atoms with E-state index < -0.39 is 0 Å². The van der Waals surface area contributed by atoms with E-state index in [0.717, 1.165) is 22.3 Å². The lowest BCUT2D eigenvalue weighted by molar-refractivity contribution is 0.354. The van der Waals surface area contributed by atoms with Gasteiger partial charge in [-0.25, -0.2) is 9.37 Å². The van der Waals surface area contributed by atoms with Crippen molar-refractivity contribution in [3.05, 3.63) is 59.4 Å². The molecule has 142 valence electrons. The fourth-order valence-electron chi connectivity index (χ4n) is 3.02. The highest BCUT2D eigenvalue weighted by molar-refractivity contribution is 5.81. The minimum Gasteiger partial charge on any atom is -0.493 e. The summed E-state index contributed by atoms with van der Waals surface area (Å²) < 4.78 is 24.1. The van der Waals surface area contributed by atoms with Gasteiger partial charge in [-0.15, -0.1) is 0 Å². The van der Waals surface area contributed by atoms with Crippen molar-refractivity contribution in [2.45, 2.75) is 13.1 Å².